The lowest BCUT2D eigenvalue weighted by Gasteiger charge is -2.26. The van der Waals surface area contributed by atoms with Gasteiger partial charge in [-0.15, -0.1) is 0 Å². The molecule has 7 heteroatoms. The molecule has 21 heavy (non-hydrogen) atoms. The number of nitrogens with two attached hydrogens (primary N) is 1. The molecule has 0 spiro atoms. The smallest absolute Gasteiger partial charge is 0.241 e. The largest absolute Gasteiger partial charge is 0.353 e. The summed E-state index contributed by atoms with van der Waals surface area (Å²) in [5.41, 5.74) is 5.19. The van der Waals surface area contributed by atoms with Gasteiger partial charge in [0.25, 0.3) is 0 Å². The van der Waals surface area contributed by atoms with Crippen molar-refractivity contribution >= 4 is 31.7 Å². The van der Waals surface area contributed by atoms with Crippen molar-refractivity contribution in [2.75, 3.05) is 6.54 Å². The number of carbonyl (C=O) groups excluding carboxylic acids is 1. The molecule has 0 aliphatic heterocycles. The van der Waals surface area contributed by atoms with E-state index in [1.54, 1.807) is 26.0 Å². The van der Waals surface area contributed by atoms with Crippen LogP contribution < -0.4 is 11.1 Å². The molecule has 1 amide bonds. The number of amides is 1. The summed E-state index contributed by atoms with van der Waals surface area (Å²) in [6.45, 7) is 6.49. The van der Waals surface area contributed by atoms with Gasteiger partial charge in [0.05, 0.1) is 4.90 Å². The van der Waals surface area contributed by atoms with Gasteiger partial charge in [0, 0.05) is 16.6 Å². The topological polar surface area (TPSA) is 89.3 Å². The molecule has 0 atom stereocenters. The van der Waals surface area contributed by atoms with Crippen molar-refractivity contribution in [3.8, 4) is 0 Å². The van der Waals surface area contributed by atoms with Crippen LogP contribution in [0.4, 0.5) is 0 Å². The van der Waals surface area contributed by atoms with Crippen molar-refractivity contribution in [2.45, 2.75) is 42.9 Å². The summed E-state index contributed by atoms with van der Waals surface area (Å²) in [4.78, 5) is 12.4. The highest BCUT2D eigenvalue weighted by Gasteiger charge is 2.42. The van der Waals surface area contributed by atoms with E-state index in [9.17, 15) is 13.2 Å². The van der Waals surface area contributed by atoms with Gasteiger partial charge in [-0.3, -0.25) is 4.79 Å². The van der Waals surface area contributed by atoms with Crippen molar-refractivity contribution in [3.05, 3.63) is 28.7 Å². The van der Waals surface area contributed by atoms with Crippen molar-refractivity contribution in [3.63, 3.8) is 0 Å². The third kappa shape index (κ3) is 4.28. The zero-order valence-corrected chi connectivity index (χ0v) is 15.0. The van der Waals surface area contributed by atoms with Gasteiger partial charge >= 0.3 is 0 Å². The zero-order valence-electron chi connectivity index (χ0n) is 12.6. The van der Waals surface area contributed by atoms with Gasteiger partial charge in [0.2, 0.25) is 5.91 Å². The van der Waals surface area contributed by atoms with Gasteiger partial charge in [0.1, 0.15) is 4.75 Å². The monoisotopic (exact) mass is 376 g/mol. The standard InChI is InChI=1S/C14H21BrN2O3S/c1-13(2,16)9-17-12(18)14(3,4)21(19,20)11-7-5-10(15)6-8-11/h5-8H,9,16H2,1-4H3,(H,17,18). The summed E-state index contributed by atoms with van der Waals surface area (Å²) in [5, 5.41) is 2.60. The molecule has 118 valence electrons. The van der Waals surface area contributed by atoms with Gasteiger partial charge in [-0.1, -0.05) is 15.9 Å². The Labute approximate surface area is 134 Å². The second-order valence-corrected chi connectivity index (χ2v) is 9.55. The Bertz CT molecular complexity index is 617. The van der Waals surface area contributed by atoms with E-state index < -0.39 is 26.0 Å². The molecule has 0 heterocycles. The van der Waals surface area contributed by atoms with Crippen LogP contribution in [0.15, 0.2) is 33.6 Å². The fourth-order valence-corrected chi connectivity index (χ4v) is 3.22. The number of halogens is 1. The third-order valence-corrected chi connectivity index (χ3v) is 6.00. The van der Waals surface area contributed by atoms with E-state index in [0.717, 1.165) is 4.47 Å². The average Bonchev–Trinajstić information content (AvgIpc) is 2.35. The van der Waals surface area contributed by atoms with Gasteiger partial charge < -0.3 is 11.1 Å². The van der Waals surface area contributed by atoms with E-state index in [4.69, 9.17) is 5.73 Å². The minimum atomic E-state index is -3.80. The predicted octanol–water partition coefficient (Wildman–Crippen LogP) is 1.85. The first-order valence-corrected chi connectivity index (χ1v) is 8.73. The Hall–Kier alpha value is -0.920. The molecule has 0 radical (unpaired) electrons. The van der Waals surface area contributed by atoms with Crippen LogP contribution in [0.1, 0.15) is 27.7 Å². The lowest BCUT2D eigenvalue weighted by Crippen LogP contribution is -2.53. The van der Waals surface area contributed by atoms with Crippen molar-refractivity contribution in [1.29, 1.82) is 0 Å². The van der Waals surface area contributed by atoms with E-state index in [0.29, 0.717) is 0 Å². The molecule has 5 nitrogen and oxygen atoms in total. The number of hydrogen-bond acceptors (Lipinski definition) is 4. The molecule has 1 aromatic carbocycles. The highest BCUT2D eigenvalue weighted by molar-refractivity contribution is 9.10. The van der Waals surface area contributed by atoms with Crippen LogP contribution in [0.5, 0.6) is 0 Å². The van der Waals surface area contributed by atoms with Gasteiger partial charge in [0.15, 0.2) is 9.84 Å². The molecular weight excluding hydrogens is 356 g/mol. The molecule has 1 rings (SSSR count). The van der Waals surface area contributed by atoms with Crippen molar-refractivity contribution in [2.24, 2.45) is 5.73 Å². The Morgan fingerprint density at radius 2 is 1.67 bits per heavy atom. The molecular formula is C14H21BrN2O3S. The number of benzene rings is 1. The van der Waals surface area contributed by atoms with Crippen LogP contribution in [0, 0.1) is 0 Å². The molecule has 1 aromatic rings. The summed E-state index contributed by atoms with van der Waals surface area (Å²) >= 11 is 3.25. The van der Waals surface area contributed by atoms with Gasteiger partial charge in [-0.2, -0.15) is 0 Å². The number of hydrogen-bond donors (Lipinski definition) is 2. The molecule has 0 saturated carbocycles. The zero-order chi connectivity index (χ0) is 16.5. The predicted molar refractivity (Wildman–Crippen MR) is 86.7 cm³/mol. The number of sulfone groups is 1. The number of carbonyl (C=O) groups is 1. The van der Waals surface area contributed by atoms with Crippen molar-refractivity contribution < 1.29 is 13.2 Å². The van der Waals surface area contributed by atoms with Crippen LogP contribution in [-0.4, -0.2) is 31.2 Å². The summed E-state index contributed by atoms with van der Waals surface area (Å²) in [5.74, 6) is -0.566. The average molecular weight is 377 g/mol. The van der Waals surface area contributed by atoms with Crippen molar-refractivity contribution in [1.82, 2.24) is 5.32 Å². The second kappa shape index (κ2) is 6.06. The highest BCUT2D eigenvalue weighted by atomic mass is 79.9. The molecule has 0 saturated heterocycles. The highest BCUT2D eigenvalue weighted by Crippen LogP contribution is 2.26. The molecule has 0 aliphatic carbocycles. The first-order valence-electron chi connectivity index (χ1n) is 6.45. The van der Waals surface area contributed by atoms with Gasteiger partial charge in [-0.25, -0.2) is 8.42 Å². The molecule has 3 N–H and O–H groups in total. The summed E-state index contributed by atoms with van der Waals surface area (Å²) < 4.78 is 24.4. The molecule has 0 bridgehead atoms. The van der Waals surface area contributed by atoms with E-state index in [1.165, 1.54) is 26.0 Å². The quantitative estimate of drug-likeness (QED) is 0.820. The summed E-state index contributed by atoms with van der Waals surface area (Å²) in [6, 6.07) is 6.20. The van der Waals surface area contributed by atoms with E-state index in [-0.39, 0.29) is 11.4 Å². The molecule has 0 unspecified atom stereocenters. The molecule has 0 aliphatic rings. The maximum absolute atomic E-state index is 12.6. The van der Waals surface area contributed by atoms with Gasteiger partial charge in [-0.05, 0) is 52.0 Å². The molecule has 0 aromatic heterocycles. The Morgan fingerprint density at radius 3 is 2.10 bits per heavy atom. The lowest BCUT2D eigenvalue weighted by molar-refractivity contribution is -0.123. The normalized spacial score (nSPS) is 13.0. The summed E-state index contributed by atoms with van der Waals surface area (Å²) in [6.07, 6.45) is 0. The number of rotatable bonds is 5. The van der Waals surface area contributed by atoms with Crippen LogP contribution in [0.25, 0.3) is 0 Å². The van der Waals surface area contributed by atoms with Crippen LogP contribution in [0.2, 0.25) is 0 Å². The fraction of sp³-hybridized carbons (Fsp3) is 0.500. The number of nitrogens with one attached hydrogen (secondary N) is 1. The second-order valence-electron chi connectivity index (χ2n) is 6.14. The third-order valence-electron chi connectivity index (χ3n) is 3.05. The first-order chi connectivity index (χ1) is 9.38. The van der Waals surface area contributed by atoms with E-state index in [2.05, 4.69) is 21.2 Å². The lowest BCUT2D eigenvalue weighted by atomic mass is 10.1. The van der Waals surface area contributed by atoms with Crippen LogP contribution in [0.3, 0.4) is 0 Å². The fourth-order valence-electron chi connectivity index (χ4n) is 1.55. The van der Waals surface area contributed by atoms with Crippen LogP contribution >= 0.6 is 15.9 Å². The minimum Gasteiger partial charge on any atom is -0.353 e. The Balaban J connectivity index is 3.04. The molecule has 0 fully saturated rings. The SMILES string of the molecule is CC(C)(N)CNC(=O)C(C)(C)S(=O)(=O)c1ccc(Br)cc1. The van der Waals surface area contributed by atoms with Crippen LogP contribution in [-0.2, 0) is 14.6 Å². The van der Waals surface area contributed by atoms with E-state index >= 15 is 0 Å². The first kappa shape index (κ1) is 18.1. The van der Waals surface area contributed by atoms with E-state index in [1.807, 2.05) is 0 Å². The Kier molecular flexibility index (Phi) is 5.23. The maximum atomic E-state index is 12.6. The summed E-state index contributed by atoms with van der Waals surface area (Å²) in [7, 11) is -3.80. The Morgan fingerprint density at radius 1 is 1.19 bits per heavy atom. The minimum absolute atomic E-state index is 0.109. The maximum Gasteiger partial charge on any atom is 0.241 e.